The largest absolute Gasteiger partial charge is 0.433 e. The van der Waals surface area contributed by atoms with Crippen LogP contribution in [0.4, 0.5) is 13.2 Å². The average Bonchev–Trinajstić information content (AvgIpc) is 2.49. The molecule has 1 atom stereocenters. The summed E-state index contributed by atoms with van der Waals surface area (Å²) in [6.07, 6.45) is 6.88. The topological polar surface area (TPSA) is 12.9 Å². The van der Waals surface area contributed by atoms with Crippen LogP contribution in [0.25, 0.3) is 0 Å². The van der Waals surface area contributed by atoms with Crippen molar-refractivity contribution in [1.82, 2.24) is 4.98 Å². The van der Waals surface area contributed by atoms with Gasteiger partial charge in [0.15, 0.2) is 0 Å². The zero-order valence-electron chi connectivity index (χ0n) is 13.8. The van der Waals surface area contributed by atoms with Crippen molar-refractivity contribution in [3.05, 3.63) is 29.6 Å². The van der Waals surface area contributed by atoms with Gasteiger partial charge in [0.05, 0.1) is 0 Å². The van der Waals surface area contributed by atoms with E-state index >= 15 is 0 Å². The summed E-state index contributed by atoms with van der Waals surface area (Å²) in [5.74, 6) is 0.229. The second kappa shape index (κ2) is 9.86. The van der Waals surface area contributed by atoms with Gasteiger partial charge < -0.3 is 0 Å². The quantitative estimate of drug-likeness (QED) is 0.436. The molecule has 126 valence electrons. The van der Waals surface area contributed by atoms with Crippen molar-refractivity contribution in [1.29, 1.82) is 0 Å². The number of unbranched alkanes of at least 4 members (excludes halogenated alkanes) is 5. The lowest BCUT2D eigenvalue weighted by Crippen LogP contribution is -2.10. The zero-order chi connectivity index (χ0) is 16.4. The SMILES string of the molecule is CCCCCCC(CCCCC)c1ccnc(C(F)(F)F)c1. The van der Waals surface area contributed by atoms with E-state index in [2.05, 4.69) is 18.8 Å². The van der Waals surface area contributed by atoms with E-state index in [9.17, 15) is 13.2 Å². The Kier molecular flexibility index (Phi) is 8.51. The molecule has 0 aliphatic rings. The maximum atomic E-state index is 12.8. The number of nitrogens with zero attached hydrogens (tertiary/aromatic N) is 1. The van der Waals surface area contributed by atoms with Crippen LogP contribution < -0.4 is 0 Å². The second-order valence-electron chi connectivity index (χ2n) is 6.01. The van der Waals surface area contributed by atoms with Crippen molar-refractivity contribution in [3.63, 3.8) is 0 Å². The molecular formula is C18H28F3N. The number of aromatic nitrogens is 1. The summed E-state index contributed by atoms with van der Waals surface area (Å²) in [4.78, 5) is 3.47. The minimum absolute atomic E-state index is 0.229. The highest BCUT2D eigenvalue weighted by Gasteiger charge is 2.32. The predicted molar refractivity (Wildman–Crippen MR) is 84.9 cm³/mol. The van der Waals surface area contributed by atoms with E-state index in [1.807, 2.05) is 0 Å². The van der Waals surface area contributed by atoms with Gasteiger partial charge in [-0.25, -0.2) is 0 Å². The molecule has 0 aromatic carbocycles. The highest BCUT2D eigenvalue weighted by atomic mass is 19.4. The van der Waals surface area contributed by atoms with Crippen LogP contribution in [0.5, 0.6) is 0 Å². The second-order valence-corrected chi connectivity index (χ2v) is 6.01. The zero-order valence-corrected chi connectivity index (χ0v) is 13.8. The van der Waals surface area contributed by atoms with E-state index in [1.165, 1.54) is 25.1 Å². The molecule has 0 radical (unpaired) electrons. The molecule has 1 nitrogen and oxygen atoms in total. The third-order valence-corrected chi connectivity index (χ3v) is 4.11. The fraction of sp³-hybridized carbons (Fsp3) is 0.722. The van der Waals surface area contributed by atoms with Gasteiger partial charge in [-0.3, -0.25) is 4.98 Å². The molecule has 1 rings (SSSR count). The third kappa shape index (κ3) is 6.80. The van der Waals surface area contributed by atoms with Crippen LogP contribution in [0.15, 0.2) is 18.3 Å². The Morgan fingerprint density at radius 1 is 0.955 bits per heavy atom. The molecule has 1 unspecified atom stereocenters. The monoisotopic (exact) mass is 315 g/mol. The van der Waals surface area contributed by atoms with Crippen LogP contribution in [0.2, 0.25) is 0 Å². The van der Waals surface area contributed by atoms with E-state index in [1.54, 1.807) is 6.07 Å². The first-order chi connectivity index (χ1) is 10.5. The van der Waals surface area contributed by atoms with Crippen LogP contribution in [0.3, 0.4) is 0 Å². The first-order valence-electron chi connectivity index (χ1n) is 8.52. The van der Waals surface area contributed by atoms with E-state index < -0.39 is 11.9 Å². The Balaban J connectivity index is 2.75. The summed E-state index contributed by atoms with van der Waals surface area (Å²) in [6, 6.07) is 3.00. The van der Waals surface area contributed by atoms with Crippen molar-refractivity contribution in [2.45, 2.75) is 83.7 Å². The molecule has 0 bridgehead atoms. The first-order valence-corrected chi connectivity index (χ1v) is 8.52. The molecule has 4 heteroatoms. The van der Waals surface area contributed by atoms with Crippen LogP contribution in [0, 0.1) is 0 Å². The van der Waals surface area contributed by atoms with Gasteiger partial charge >= 0.3 is 6.18 Å². The van der Waals surface area contributed by atoms with E-state index in [4.69, 9.17) is 0 Å². The number of hydrogen-bond donors (Lipinski definition) is 0. The van der Waals surface area contributed by atoms with Crippen molar-refractivity contribution in [2.75, 3.05) is 0 Å². The number of pyridine rings is 1. The highest BCUT2D eigenvalue weighted by Crippen LogP contribution is 2.33. The minimum Gasteiger partial charge on any atom is -0.252 e. The van der Waals surface area contributed by atoms with Gasteiger partial charge in [-0.1, -0.05) is 58.8 Å². The van der Waals surface area contributed by atoms with Gasteiger partial charge in [-0.2, -0.15) is 13.2 Å². The Labute approximate surface area is 132 Å². The van der Waals surface area contributed by atoms with Gasteiger partial charge in [-0.05, 0) is 36.5 Å². The van der Waals surface area contributed by atoms with Crippen molar-refractivity contribution in [3.8, 4) is 0 Å². The van der Waals surface area contributed by atoms with E-state index in [0.29, 0.717) is 0 Å². The minimum atomic E-state index is -4.35. The molecule has 1 aromatic rings. The van der Waals surface area contributed by atoms with Crippen LogP contribution in [0.1, 0.15) is 88.8 Å². The smallest absolute Gasteiger partial charge is 0.252 e. The lowest BCUT2D eigenvalue weighted by Gasteiger charge is -2.18. The Morgan fingerprint density at radius 2 is 1.55 bits per heavy atom. The van der Waals surface area contributed by atoms with Crippen LogP contribution in [-0.4, -0.2) is 4.98 Å². The summed E-state index contributed by atoms with van der Waals surface area (Å²) in [5, 5.41) is 0. The Bertz CT molecular complexity index is 415. The molecule has 0 N–H and O–H groups in total. The lowest BCUT2D eigenvalue weighted by atomic mass is 9.88. The van der Waals surface area contributed by atoms with Gasteiger partial charge in [0.25, 0.3) is 0 Å². The number of hydrogen-bond acceptors (Lipinski definition) is 1. The molecule has 0 spiro atoms. The van der Waals surface area contributed by atoms with Gasteiger partial charge in [-0.15, -0.1) is 0 Å². The molecule has 0 fully saturated rings. The van der Waals surface area contributed by atoms with Crippen molar-refractivity contribution >= 4 is 0 Å². The van der Waals surface area contributed by atoms with Crippen molar-refractivity contribution in [2.24, 2.45) is 0 Å². The normalized spacial score (nSPS) is 13.3. The molecule has 22 heavy (non-hydrogen) atoms. The van der Waals surface area contributed by atoms with E-state index in [-0.39, 0.29) is 5.92 Å². The van der Waals surface area contributed by atoms with Gasteiger partial charge in [0.1, 0.15) is 5.69 Å². The maximum Gasteiger partial charge on any atom is 0.433 e. The molecule has 0 aliphatic heterocycles. The van der Waals surface area contributed by atoms with Crippen molar-refractivity contribution < 1.29 is 13.2 Å². The standard InChI is InChI=1S/C18H28F3N/c1-3-5-7-9-11-15(10-8-6-4-2)16-12-13-22-17(14-16)18(19,20)21/h12-15H,3-11H2,1-2H3. The lowest BCUT2D eigenvalue weighted by molar-refractivity contribution is -0.141. The summed E-state index contributed by atoms with van der Waals surface area (Å²) < 4.78 is 38.5. The van der Waals surface area contributed by atoms with Crippen LogP contribution in [-0.2, 0) is 6.18 Å². The van der Waals surface area contributed by atoms with Gasteiger partial charge in [0, 0.05) is 6.20 Å². The Morgan fingerprint density at radius 3 is 2.14 bits per heavy atom. The van der Waals surface area contributed by atoms with E-state index in [0.717, 1.165) is 50.5 Å². The molecule has 1 aromatic heterocycles. The molecule has 1 heterocycles. The molecule has 0 aliphatic carbocycles. The summed E-state index contributed by atoms with van der Waals surface area (Å²) in [5.41, 5.74) is 0.0361. The summed E-state index contributed by atoms with van der Waals surface area (Å²) in [7, 11) is 0. The molecule has 0 amide bonds. The molecule has 0 saturated heterocycles. The van der Waals surface area contributed by atoms with Gasteiger partial charge in [0.2, 0.25) is 0 Å². The predicted octanol–water partition coefficient (Wildman–Crippen LogP) is 6.73. The third-order valence-electron chi connectivity index (χ3n) is 4.11. The fourth-order valence-electron chi connectivity index (χ4n) is 2.79. The van der Waals surface area contributed by atoms with Crippen LogP contribution >= 0.6 is 0 Å². The number of alkyl halides is 3. The number of rotatable bonds is 10. The Hall–Kier alpha value is -1.06. The number of halogens is 3. The fourth-order valence-corrected chi connectivity index (χ4v) is 2.79. The maximum absolute atomic E-state index is 12.8. The average molecular weight is 315 g/mol. The molecular weight excluding hydrogens is 287 g/mol. The summed E-state index contributed by atoms with van der Waals surface area (Å²) >= 11 is 0. The summed E-state index contributed by atoms with van der Waals surface area (Å²) in [6.45, 7) is 4.31. The first kappa shape index (κ1) is 19.0. The highest BCUT2D eigenvalue weighted by molar-refractivity contribution is 5.22. The molecule has 0 saturated carbocycles.